The van der Waals surface area contributed by atoms with Crippen molar-refractivity contribution in [3.05, 3.63) is 0 Å². The van der Waals surface area contributed by atoms with Crippen LogP contribution >= 0.6 is 0 Å². The van der Waals surface area contributed by atoms with Gasteiger partial charge in [0, 0.05) is 23.9 Å². The van der Waals surface area contributed by atoms with Crippen LogP contribution in [-0.2, 0) is 23.9 Å². The SMILES string of the molecule is CCC(C)(CC)C1CCC(OC2CCC(N3C(=O)CC(CC4C(=O)N(C(C)(CC)CC)C(=O)C4CO)C3=O)CC2)CC1. The number of rotatable bonds is 12. The minimum atomic E-state index is -0.854. The van der Waals surface area contributed by atoms with Crippen molar-refractivity contribution in [1.82, 2.24) is 9.80 Å². The molecule has 2 aliphatic carbocycles. The maximum absolute atomic E-state index is 13.5. The zero-order chi connectivity index (χ0) is 30.8. The normalized spacial score (nSPS) is 33.3. The number of carbonyl (C=O) groups excluding carboxylic acids is 4. The van der Waals surface area contributed by atoms with E-state index in [4.69, 9.17) is 4.74 Å². The molecule has 8 heteroatoms. The minimum absolute atomic E-state index is 0.0713. The number of ether oxygens (including phenoxy) is 1. The summed E-state index contributed by atoms with van der Waals surface area (Å²) in [5.41, 5.74) is -0.191. The highest BCUT2D eigenvalue weighted by molar-refractivity contribution is 6.07. The van der Waals surface area contributed by atoms with Gasteiger partial charge in [-0.1, -0.05) is 47.5 Å². The fourth-order valence-electron chi connectivity index (χ4n) is 8.38. The van der Waals surface area contributed by atoms with Crippen LogP contribution in [0.25, 0.3) is 0 Å². The van der Waals surface area contributed by atoms with Crippen LogP contribution < -0.4 is 0 Å². The molecule has 0 bridgehead atoms. The lowest BCUT2D eigenvalue weighted by molar-refractivity contribution is -0.147. The predicted octanol–water partition coefficient (Wildman–Crippen LogP) is 5.64. The lowest BCUT2D eigenvalue weighted by atomic mass is 9.66. The molecule has 8 nitrogen and oxygen atoms in total. The van der Waals surface area contributed by atoms with Crippen molar-refractivity contribution in [2.75, 3.05) is 6.61 Å². The van der Waals surface area contributed by atoms with E-state index < -0.39 is 29.9 Å². The lowest BCUT2D eigenvalue weighted by Crippen LogP contribution is -2.49. The van der Waals surface area contributed by atoms with E-state index in [1.165, 1.54) is 35.5 Å². The number of aliphatic hydroxyl groups is 1. The molecule has 2 saturated heterocycles. The van der Waals surface area contributed by atoms with Gasteiger partial charge >= 0.3 is 0 Å². The zero-order valence-corrected chi connectivity index (χ0v) is 27.0. The molecule has 0 aromatic rings. The Morgan fingerprint density at radius 2 is 1.26 bits per heavy atom. The van der Waals surface area contributed by atoms with E-state index in [0.29, 0.717) is 24.4 Å². The van der Waals surface area contributed by atoms with Crippen molar-refractivity contribution < 1.29 is 29.0 Å². The predicted molar refractivity (Wildman–Crippen MR) is 161 cm³/mol. The summed E-state index contributed by atoms with van der Waals surface area (Å²) in [6.45, 7) is 12.4. The molecule has 238 valence electrons. The molecular formula is C34H56N2O6. The topological polar surface area (TPSA) is 104 Å². The Kier molecular flexibility index (Phi) is 10.6. The van der Waals surface area contributed by atoms with Crippen LogP contribution in [0.3, 0.4) is 0 Å². The third-order valence-electron chi connectivity index (χ3n) is 12.3. The van der Waals surface area contributed by atoms with Crippen LogP contribution in [0.4, 0.5) is 0 Å². The Labute approximate surface area is 253 Å². The number of carbonyl (C=O) groups is 4. The van der Waals surface area contributed by atoms with Crippen molar-refractivity contribution >= 4 is 23.6 Å². The second-order valence-corrected chi connectivity index (χ2v) is 14.3. The van der Waals surface area contributed by atoms with Crippen molar-refractivity contribution in [3.63, 3.8) is 0 Å². The van der Waals surface area contributed by atoms with E-state index in [2.05, 4.69) is 20.8 Å². The third kappa shape index (κ3) is 6.22. The van der Waals surface area contributed by atoms with Gasteiger partial charge in [-0.05, 0) is 88.9 Å². The van der Waals surface area contributed by atoms with Gasteiger partial charge in [-0.3, -0.25) is 29.0 Å². The van der Waals surface area contributed by atoms with E-state index in [1.54, 1.807) is 0 Å². The Balaban J connectivity index is 1.30. The van der Waals surface area contributed by atoms with Crippen LogP contribution in [-0.4, -0.2) is 68.9 Å². The standard InChI is InChI=1S/C34H56N2O6/c1-7-33(5,8-2)23-11-15-25(16-12-23)42-26-17-13-24(14-18-26)35-29(38)20-22(30(35)39)19-27-28(21-37)32(41)36(31(27)40)34(6,9-3)10-4/h22-28,37H,7-21H2,1-6H3. The summed E-state index contributed by atoms with van der Waals surface area (Å²) in [4.78, 5) is 56.1. The number of hydrogen-bond donors (Lipinski definition) is 1. The Morgan fingerprint density at radius 1 is 0.738 bits per heavy atom. The molecule has 0 aromatic carbocycles. The van der Waals surface area contributed by atoms with Crippen LogP contribution in [0, 0.1) is 29.1 Å². The number of hydrogen-bond acceptors (Lipinski definition) is 6. The first-order chi connectivity index (χ1) is 20.0. The summed E-state index contributed by atoms with van der Waals surface area (Å²) in [7, 11) is 0. The van der Waals surface area contributed by atoms with Crippen molar-refractivity contribution in [1.29, 1.82) is 0 Å². The van der Waals surface area contributed by atoms with Crippen molar-refractivity contribution in [3.8, 4) is 0 Å². The minimum Gasteiger partial charge on any atom is -0.396 e. The summed E-state index contributed by atoms with van der Waals surface area (Å²) in [6, 6.07) is -0.130. The fourth-order valence-corrected chi connectivity index (χ4v) is 8.38. The van der Waals surface area contributed by atoms with Crippen molar-refractivity contribution in [2.24, 2.45) is 29.1 Å². The highest BCUT2D eigenvalue weighted by atomic mass is 16.5. The zero-order valence-electron chi connectivity index (χ0n) is 27.0. The monoisotopic (exact) mass is 588 g/mol. The van der Waals surface area contributed by atoms with E-state index in [1.807, 2.05) is 20.8 Å². The second-order valence-electron chi connectivity index (χ2n) is 14.3. The molecule has 4 amide bonds. The molecule has 4 fully saturated rings. The maximum Gasteiger partial charge on any atom is 0.235 e. The molecule has 2 heterocycles. The largest absolute Gasteiger partial charge is 0.396 e. The van der Waals surface area contributed by atoms with E-state index >= 15 is 0 Å². The van der Waals surface area contributed by atoms with Crippen molar-refractivity contribution in [2.45, 2.75) is 155 Å². The molecule has 0 aromatic heterocycles. The number of aliphatic hydroxyl groups excluding tert-OH is 1. The molecule has 0 spiro atoms. The van der Waals surface area contributed by atoms with Gasteiger partial charge in [0.1, 0.15) is 0 Å². The number of imide groups is 2. The van der Waals surface area contributed by atoms with E-state index in [-0.39, 0.29) is 48.6 Å². The van der Waals surface area contributed by atoms with Gasteiger partial charge in [-0.15, -0.1) is 0 Å². The fraction of sp³-hybridized carbons (Fsp3) is 0.882. The molecular weight excluding hydrogens is 532 g/mol. The first-order valence-corrected chi connectivity index (χ1v) is 17.0. The number of amides is 4. The molecule has 2 aliphatic heterocycles. The molecule has 3 atom stereocenters. The van der Waals surface area contributed by atoms with Gasteiger partial charge in [-0.25, -0.2) is 0 Å². The van der Waals surface area contributed by atoms with Gasteiger partial charge in [0.25, 0.3) is 0 Å². The van der Waals surface area contributed by atoms with E-state index in [9.17, 15) is 24.3 Å². The first kappa shape index (κ1) is 33.1. The van der Waals surface area contributed by atoms with Crippen LogP contribution in [0.2, 0.25) is 0 Å². The maximum atomic E-state index is 13.5. The average molecular weight is 589 g/mol. The number of likely N-dealkylation sites (tertiary alicyclic amines) is 2. The van der Waals surface area contributed by atoms with E-state index in [0.717, 1.165) is 44.4 Å². The first-order valence-electron chi connectivity index (χ1n) is 17.0. The van der Waals surface area contributed by atoms with Gasteiger partial charge in [0.05, 0.1) is 30.7 Å². The van der Waals surface area contributed by atoms with Gasteiger partial charge in [0.15, 0.2) is 0 Å². The van der Waals surface area contributed by atoms with Crippen LogP contribution in [0.5, 0.6) is 0 Å². The molecule has 1 N–H and O–H groups in total. The summed E-state index contributed by atoms with van der Waals surface area (Å²) in [6.07, 6.45) is 12.3. The quantitative estimate of drug-likeness (QED) is 0.296. The molecule has 4 aliphatic rings. The summed E-state index contributed by atoms with van der Waals surface area (Å²) >= 11 is 0. The Morgan fingerprint density at radius 3 is 1.76 bits per heavy atom. The summed E-state index contributed by atoms with van der Waals surface area (Å²) in [5, 5.41) is 10.0. The third-order valence-corrected chi connectivity index (χ3v) is 12.3. The molecule has 42 heavy (non-hydrogen) atoms. The number of nitrogens with zero attached hydrogens (tertiary/aromatic N) is 2. The summed E-state index contributed by atoms with van der Waals surface area (Å²) < 4.78 is 6.55. The summed E-state index contributed by atoms with van der Waals surface area (Å²) in [5.74, 6) is -2.54. The molecule has 0 radical (unpaired) electrons. The van der Waals surface area contributed by atoms with Gasteiger partial charge < -0.3 is 9.84 Å². The highest BCUT2D eigenvalue weighted by Gasteiger charge is 2.55. The molecule has 4 rings (SSSR count). The average Bonchev–Trinajstić information content (AvgIpc) is 3.42. The Hall–Kier alpha value is -1.80. The van der Waals surface area contributed by atoms with Gasteiger partial charge in [0.2, 0.25) is 23.6 Å². The van der Waals surface area contributed by atoms with Crippen LogP contribution in [0.15, 0.2) is 0 Å². The Bertz CT molecular complexity index is 988. The molecule has 3 unspecified atom stereocenters. The second kappa shape index (κ2) is 13.5. The van der Waals surface area contributed by atoms with Crippen LogP contribution in [0.1, 0.15) is 131 Å². The van der Waals surface area contributed by atoms with Gasteiger partial charge in [-0.2, -0.15) is 0 Å². The smallest absolute Gasteiger partial charge is 0.235 e. The molecule has 2 saturated carbocycles. The lowest BCUT2D eigenvalue weighted by Gasteiger charge is -2.42. The highest BCUT2D eigenvalue weighted by Crippen LogP contribution is 2.45.